The van der Waals surface area contributed by atoms with E-state index in [9.17, 15) is 21.6 Å². The lowest BCUT2D eigenvalue weighted by Gasteiger charge is -2.12. The number of hydrogen-bond donors (Lipinski definition) is 3. The zero-order valence-corrected chi connectivity index (χ0v) is 23.2. The number of nitrogens with one attached hydrogen (secondary N) is 3. The van der Waals surface area contributed by atoms with Gasteiger partial charge in [0.15, 0.2) is 0 Å². The van der Waals surface area contributed by atoms with Crippen molar-refractivity contribution in [3.8, 4) is 0 Å². The van der Waals surface area contributed by atoms with Crippen molar-refractivity contribution in [2.45, 2.75) is 8.42 Å². The normalized spacial score (nSPS) is 12.0. The van der Waals surface area contributed by atoms with Gasteiger partial charge in [-0.1, -0.05) is 54.6 Å². The topological polar surface area (TPSA) is 134 Å². The molecule has 39 heavy (non-hydrogen) atoms. The molecule has 0 saturated carbocycles. The average molecular weight is 597 g/mol. The van der Waals surface area contributed by atoms with E-state index in [0.29, 0.717) is 0 Å². The highest BCUT2D eigenvalue weighted by atomic mass is 32.3. The molecule has 0 aliphatic rings. The van der Waals surface area contributed by atoms with Gasteiger partial charge in [-0.05, 0) is 51.9 Å². The summed E-state index contributed by atoms with van der Waals surface area (Å²) in [5.41, 5.74) is 3.20. The fourth-order valence-corrected chi connectivity index (χ4v) is 7.77. The van der Waals surface area contributed by atoms with Crippen molar-refractivity contribution in [3.63, 3.8) is 0 Å². The highest BCUT2D eigenvalue weighted by Crippen LogP contribution is 2.27. The maximum absolute atomic E-state index is 13.0. The van der Waals surface area contributed by atoms with E-state index in [0.717, 1.165) is 39.0 Å². The number of hydrazone groups is 1. The summed E-state index contributed by atoms with van der Waals surface area (Å²) in [5, 5.41) is 9.26. The number of rotatable bonds is 9. The van der Waals surface area contributed by atoms with Crippen molar-refractivity contribution in [2.75, 3.05) is 9.44 Å². The summed E-state index contributed by atoms with van der Waals surface area (Å²) in [7, 11) is -7.92. The number of benzene rings is 3. The molecular weight excluding hydrogens is 577 g/mol. The SMILES string of the molecule is O=C(N/N=C\c1cccc2ccccc12)c1cc(NS(=O)(=O)c2cccs2)cc(NS(=O)(=O)c2cccs2)c1. The number of thiophene rings is 2. The first-order valence-corrected chi connectivity index (χ1v) is 16.0. The van der Waals surface area contributed by atoms with Gasteiger partial charge in [-0.2, -0.15) is 5.10 Å². The Kier molecular flexibility index (Phi) is 7.48. The van der Waals surface area contributed by atoms with Gasteiger partial charge in [-0.3, -0.25) is 14.2 Å². The minimum atomic E-state index is -3.96. The maximum atomic E-state index is 13.0. The smallest absolute Gasteiger partial charge is 0.271 e. The Balaban J connectivity index is 1.44. The first kappa shape index (κ1) is 26.6. The monoisotopic (exact) mass is 596 g/mol. The van der Waals surface area contributed by atoms with E-state index in [1.54, 1.807) is 22.9 Å². The molecule has 0 atom stereocenters. The Morgan fingerprint density at radius 2 is 1.31 bits per heavy atom. The molecule has 0 aliphatic heterocycles. The fraction of sp³-hybridized carbons (Fsp3) is 0. The Morgan fingerprint density at radius 3 is 1.90 bits per heavy atom. The van der Waals surface area contributed by atoms with Gasteiger partial charge >= 0.3 is 0 Å². The zero-order chi connectivity index (χ0) is 27.5. The van der Waals surface area contributed by atoms with Crippen LogP contribution in [0.1, 0.15) is 15.9 Å². The second kappa shape index (κ2) is 11.0. The van der Waals surface area contributed by atoms with Gasteiger partial charge in [-0.25, -0.2) is 22.3 Å². The number of sulfonamides is 2. The van der Waals surface area contributed by atoms with Crippen molar-refractivity contribution in [2.24, 2.45) is 5.10 Å². The summed E-state index contributed by atoms with van der Waals surface area (Å²) < 4.78 is 56.2. The molecule has 3 aromatic carbocycles. The summed E-state index contributed by atoms with van der Waals surface area (Å²) >= 11 is 2.05. The number of hydrogen-bond acceptors (Lipinski definition) is 8. The van der Waals surface area contributed by atoms with Crippen molar-refractivity contribution in [1.82, 2.24) is 5.43 Å². The van der Waals surface area contributed by atoms with Gasteiger partial charge in [0.2, 0.25) is 0 Å². The van der Waals surface area contributed by atoms with Crippen molar-refractivity contribution in [3.05, 3.63) is 107 Å². The largest absolute Gasteiger partial charge is 0.279 e. The van der Waals surface area contributed by atoms with Crippen LogP contribution in [0.5, 0.6) is 0 Å². The Labute approximate surface area is 232 Å². The van der Waals surface area contributed by atoms with Crippen LogP contribution in [0.4, 0.5) is 11.4 Å². The lowest BCUT2D eigenvalue weighted by Crippen LogP contribution is -2.20. The van der Waals surface area contributed by atoms with E-state index < -0.39 is 26.0 Å². The predicted octanol–water partition coefficient (Wildman–Crippen LogP) is 5.33. The van der Waals surface area contributed by atoms with Gasteiger partial charge in [0.05, 0.1) is 17.6 Å². The van der Waals surface area contributed by atoms with Crippen LogP contribution in [-0.2, 0) is 20.0 Å². The Morgan fingerprint density at radius 1 is 0.718 bits per heavy atom. The molecule has 3 N–H and O–H groups in total. The molecule has 198 valence electrons. The minimum Gasteiger partial charge on any atom is -0.279 e. The Bertz CT molecular complexity index is 1790. The number of carbonyl (C=O) groups excluding carboxylic acids is 1. The van der Waals surface area contributed by atoms with Crippen molar-refractivity contribution >= 4 is 77.0 Å². The number of nitrogens with zero attached hydrogens (tertiary/aromatic N) is 1. The Hall–Kier alpha value is -4.04. The molecule has 0 aliphatic carbocycles. The van der Waals surface area contributed by atoms with E-state index in [-0.39, 0.29) is 25.4 Å². The van der Waals surface area contributed by atoms with Gasteiger partial charge in [0.1, 0.15) is 8.42 Å². The highest BCUT2D eigenvalue weighted by Gasteiger charge is 2.20. The first-order valence-electron chi connectivity index (χ1n) is 11.3. The quantitative estimate of drug-likeness (QED) is 0.156. The van der Waals surface area contributed by atoms with Gasteiger partial charge < -0.3 is 0 Å². The third-order valence-corrected chi connectivity index (χ3v) is 11.0. The van der Waals surface area contributed by atoms with Crippen molar-refractivity contribution < 1.29 is 21.6 Å². The van der Waals surface area contributed by atoms with E-state index in [1.165, 1.54) is 36.5 Å². The van der Waals surface area contributed by atoms with Crippen LogP contribution < -0.4 is 14.9 Å². The van der Waals surface area contributed by atoms with Crippen LogP contribution in [0.3, 0.4) is 0 Å². The third kappa shape index (κ3) is 6.17. The summed E-state index contributed by atoms with van der Waals surface area (Å²) in [5.74, 6) is -0.666. The molecule has 2 aromatic heterocycles. The van der Waals surface area contributed by atoms with E-state index in [2.05, 4.69) is 20.0 Å². The second-order valence-electron chi connectivity index (χ2n) is 8.14. The molecule has 0 saturated heterocycles. The maximum Gasteiger partial charge on any atom is 0.271 e. The molecular formula is C26H20N4O5S4. The number of carbonyl (C=O) groups is 1. The molecule has 0 radical (unpaired) electrons. The van der Waals surface area contributed by atoms with E-state index in [1.807, 2.05) is 42.5 Å². The molecule has 0 spiro atoms. The highest BCUT2D eigenvalue weighted by molar-refractivity contribution is 7.95. The van der Waals surface area contributed by atoms with Gasteiger partial charge in [-0.15, -0.1) is 22.7 Å². The van der Waals surface area contributed by atoms with Crippen molar-refractivity contribution in [1.29, 1.82) is 0 Å². The number of fused-ring (bicyclic) bond motifs is 1. The molecule has 0 unspecified atom stereocenters. The molecule has 9 nitrogen and oxygen atoms in total. The molecule has 0 fully saturated rings. The number of amides is 1. The first-order chi connectivity index (χ1) is 18.7. The molecule has 5 rings (SSSR count). The van der Waals surface area contributed by atoms with Gasteiger partial charge in [0, 0.05) is 11.1 Å². The lowest BCUT2D eigenvalue weighted by molar-refractivity contribution is 0.0955. The van der Waals surface area contributed by atoms with Crippen LogP contribution in [0, 0.1) is 0 Å². The molecule has 2 heterocycles. The zero-order valence-electron chi connectivity index (χ0n) is 19.9. The summed E-state index contributed by atoms with van der Waals surface area (Å²) in [6.45, 7) is 0. The molecule has 1 amide bonds. The van der Waals surface area contributed by atoms with Crippen LogP contribution in [0.25, 0.3) is 10.8 Å². The van der Waals surface area contributed by atoms with Crippen LogP contribution in [0.2, 0.25) is 0 Å². The summed E-state index contributed by atoms with van der Waals surface area (Å²) in [6.07, 6.45) is 1.50. The van der Waals surface area contributed by atoms with E-state index in [4.69, 9.17) is 0 Å². The predicted molar refractivity (Wildman–Crippen MR) is 156 cm³/mol. The number of anilines is 2. The standard InChI is InChI=1S/C26H20N4O5S4/c31-26(28-27-17-19-8-3-7-18-6-1-2-9-23(18)19)20-14-21(29-38(32,33)24-10-4-12-36-24)16-22(15-20)30-39(34,35)25-11-5-13-37-25/h1-17,29-30H,(H,28,31)/b27-17-. The summed E-state index contributed by atoms with van der Waals surface area (Å²) in [4.78, 5) is 13.0. The average Bonchev–Trinajstić information content (AvgIpc) is 3.64. The van der Waals surface area contributed by atoms with Gasteiger partial charge in [0.25, 0.3) is 26.0 Å². The van der Waals surface area contributed by atoms with Crippen LogP contribution in [0.15, 0.2) is 109 Å². The molecule has 0 bridgehead atoms. The van der Waals surface area contributed by atoms with E-state index >= 15 is 0 Å². The molecule has 5 aromatic rings. The van der Waals surface area contributed by atoms with Crippen LogP contribution in [-0.4, -0.2) is 29.0 Å². The lowest BCUT2D eigenvalue weighted by atomic mass is 10.1. The fourth-order valence-electron chi connectivity index (χ4n) is 3.71. The second-order valence-corrected chi connectivity index (χ2v) is 13.9. The molecule has 13 heteroatoms. The third-order valence-electron chi connectivity index (χ3n) is 5.41. The summed E-state index contributed by atoms with van der Waals surface area (Å²) in [6, 6.07) is 23.4. The van der Waals surface area contributed by atoms with Crippen LogP contribution >= 0.6 is 22.7 Å². The minimum absolute atomic E-state index is 0.00189.